The molecule has 0 radical (unpaired) electrons. The van der Waals surface area contributed by atoms with Crippen LogP contribution in [0, 0.1) is 12.7 Å². The van der Waals surface area contributed by atoms with Crippen molar-refractivity contribution in [3.05, 3.63) is 68.9 Å². The van der Waals surface area contributed by atoms with Crippen LogP contribution < -0.4 is 0 Å². The van der Waals surface area contributed by atoms with Crippen molar-refractivity contribution in [3.63, 3.8) is 0 Å². The van der Waals surface area contributed by atoms with Crippen molar-refractivity contribution in [1.29, 1.82) is 0 Å². The van der Waals surface area contributed by atoms with Crippen LogP contribution in [-0.4, -0.2) is 5.78 Å². The first kappa shape index (κ1) is 15.7. The summed E-state index contributed by atoms with van der Waals surface area (Å²) >= 11 is 3.22. The molecule has 0 spiro atoms. The summed E-state index contributed by atoms with van der Waals surface area (Å²) in [6.07, 6.45) is -4.84. The van der Waals surface area contributed by atoms with Crippen molar-refractivity contribution in [2.75, 3.05) is 0 Å². The molecule has 0 fully saturated rings. The fourth-order valence-electron chi connectivity index (χ4n) is 1.92. The summed E-state index contributed by atoms with van der Waals surface area (Å²) in [5.41, 5.74) is -0.631. The van der Waals surface area contributed by atoms with Crippen molar-refractivity contribution in [3.8, 4) is 0 Å². The second kappa shape index (κ2) is 5.60. The highest BCUT2D eigenvalue weighted by molar-refractivity contribution is 9.10. The van der Waals surface area contributed by atoms with E-state index in [0.717, 1.165) is 11.6 Å². The molecule has 0 saturated carbocycles. The lowest BCUT2D eigenvalue weighted by atomic mass is 9.99. The Morgan fingerprint density at radius 2 is 1.71 bits per heavy atom. The molecule has 0 unspecified atom stereocenters. The van der Waals surface area contributed by atoms with Crippen molar-refractivity contribution in [1.82, 2.24) is 0 Å². The van der Waals surface area contributed by atoms with Gasteiger partial charge in [0.2, 0.25) is 0 Å². The van der Waals surface area contributed by atoms with Crippen LogP contribution in [0.5, 0.6) is 0 Å². The van der Waals surface area contributed by atoms with E-state index in [-0.39, 0.29) is 11.1 Å². The van der Waals surface area contributed by atoms with Gasteiger partial charge in [0.1, 0.15) is 5.82 Å². The molecule has 0 aromatic heterocycles. The molecule has 0 amide bonds. The van der Waals surface area contributed by atoms with Gasteiger partial charge in [0.25, 0.3) is 0 Å². The molecule has 1 nitrogen and oxygen atoms in total. The molecule has 0 N–H and O–H groups in total. The molecular weight excluding hydrogens is 352 g/mol. The van der Waals surface area contributed by atoms with Gasteiger partial charge in [0.15, 0.2) is 5.78 Å². The molecule has 0 aliphatic heterocycles. The van der Waals surface area contributed by atoms with Crippen LogP contribution in [0.25, 0.3) is 0 Å². The molecule has 110 valence electrons. The van der Waals surface area contributed by atoms with Gasteiger partial charge in [-0.2, -0.15) is 13.2 Å². The quantitative estimate of drug-likeness (QED) is 0.534. The summed E-state index contributed by atoms with van der Waals surface area (Å²) in [5.74, 6) is -1.99. The van der Waals surface area contributed by atoms with Crippen molar-refractivity contribution in [2.45, 2.75) is 13.1 Å². The summed E-state index contributed by atoms with van der Waals surface area (Å²) in [6, 6.07) is 7.07. The van der Waals surface area contributed by atoms with Gasteiger partial charge in [-0.05, 0) is 48.9 Å². The second-order valence-electron chi connectivity index (χ2n) is 4.54. The number of hydrogen-bond acceptors (Lipinski definition) is 1. The maximum absolute atomic E-state index is 13.2. The fraction of sp³-hybridized carbons (Fsp3) is 0.133. The van der Waals surface area contributed by atoms with E-state index in [4.69, 9.17) is 0 Å². The molecule has 0 bridgehead atoms. The molecule has 2 rings (SSSR count). The van der Waals surface area contributed by atoms with Crippen molar-refractivity contribution in [2.24, 2.45) is 0 Å². The van der Waals surface area contributed by atoms with Gasteiger partial charge in [0, 0.05) is 15.6 Å². The number of carbonyl (C=O) groups excluding carboxylic acids is 1. The number of aryl methyl sites for hydroxylation is 1. The van der Waals surface area contributed by atoms with E-state index in [2.05, 4.69) is 15.9 Å². The van der Waals surface area contributed by atoms with Gasteiger partial charge in [-0.15, -0.1) is 0 Å². The molecule has 2 aromatic carbocycles. The Morgan fingerprint density at radius 3 is 2.29 bits per heavy atom. The summed E-state index contributed by atoms with van der Waals surface area (Å²) in [5, 5.41) is 0. The highest BCUT2D eigenvalue weighted by Crippen LogP contribution is 2.32. The highest BCUT2D eigenvalue weighted by atomic mass is 79.9. The lowest BCUT2D eigenvalue weighted by Crippen LogP contribution is -2.11. The van der Waals surface area contributed by atoms with Gasteiger partial charge >= 0.3 is 6.18 Å². The Kier molecular flexibility index (Phi) is 4.18. The van der Waals surface area contributed by atoms with Crippen LogP contribution in [0.1, 0.15) is 27.0 Å². The number of hydrogen-bond donors (Lipinski definition) is 0. The monoisotopic (exact) mass is 360 g/mol. The zero-order valence-electron chi connectivity index (χ0n) is 10.8. The zero-order valence-corrected chi connectivity index (χ0v) is 12.3. The minimum atomic E-state index is -4.84. The summed E-state index contributed by atoms with van der Waals surface area (Å²) in [4.78, 5) is 12.2. The molecule has 21 heavy (non-hydrogen) atoms. The van der Waals surface area contributed by atoms with E-state index in [9.17, 15) is 22.4 Å². The first-order valence-electron chi connectivity index (χ1n) is 5.87. The zero-order chi connectivity index (χ0) is 15.8. The standard InChI is InChI=1S/C15H9BrF4O/c1-8-4-10(6-11(16)5-8)14(21)9-2-3-13(17)12(7-9)15(18,19)20/h2-7H,1H3. The van der Waals surface area contributed by atoms with E-state index in [1.165, 1.54) is 6.07 Å². The van der Waals surface area contributed by atoms with Gasteiger partial charge in [-0.25, -0.2) is 4.39 Å². The van der Waals surface area contributed by atoms with Crippen LogP contribution in [0.2, 0.25) is 0 Å². The van der Waals surface area contributed by atoms with E-state index in [1.807, 2.05) is 0 Å². The average molecular weight is 361 g/mol. The molecule has 0 aliphatic carbocycles. The Morgan fingerprint density at radius 1 is 1.05 bits per heavy atom. The Labute approximate surface area is 126 Å². The first-order chi connectivity index (χ1) is 9.68. The summed E-state index contributed by atoms with van der Waals surface area (Å²) in [6.45, 7) is 1.76. The van der Waals surface area contributed by atoms with Crippen LogP contribution in [0.15, 0.2) is 40.9 Å². The minimum absolute atomic E-state index is 0.207. The number of benzene rings is 2. The number of ketones is 1. The molecule has 6 heteroatoms. The molecule has 2 aromatic rings. The smallest absolute Gasteiger partial charge is 0.289 e. The second-order valence-corrected chi connectivity index (χ2v) is 5.45. The van der Waals surface area contributed by atoms with Crippen LogP contribution in [0.4, 0.5) is 17.6 Å². The average Bonchev–Trinajstić information content (AvgIpc) is 2.36. The number of rotatable bonds is 2. The van der Waals surface area contributed by atoms with E-state index in [0.29, 0.717) is 16.6 Å². The lowest BCUT2D eigenvalue weighted by Gasteiger charge is -2.10. The Balaban J connectivity index is 2.49. The molecule has 0 saturated heterocycles. The van der Waals surface area contributed by atoms with Crippen LogP contribution in [-0.2, 0) is 6.18 Å². The molecular formula is C15H9BrF4O. The number of carbonyl (C=O) groups is 1. The maximum Gasteiger partial charge on any atom is 0.419 e. The SMILES string of the molecule is Cc1cc(Br)cc(C(=O)c2ccc(F)c(C(F)(F)F)c2)c1. The molecule has 0 heterocycles. The topological polar surface area (TPSA) is 17.1 Å². The predicted octanol–water partition coefficient (Wildman–Crippen LogP) is 5.15. The highest BCUT2D eigenvalue weighted by Gasteiger charge is 2.34. The Hall–Kier alpha value is -1.69. The summed E-state index contributed by atoms with van der Waals surface area (Å²) < 4.78 is 51.9. The van der Waals surface area contributed by atoms with Crippen molar-refractivity contribution < 1.29 is 22.4 Å². The van der Waals surface area contributed by atoms with Gasteiger partial charge in [0.05, 0.1) is 5.56 Å². The predicted molar refractivity (Wildman–Crippen MR) is 73.7 cm³/mol. The van der Waals surface area contributed by atoms with E-state index in [1.54, 1.807) is 19.1 Å². The first-order valence-corrected chi connectivity index (χ1v) is 6.66. The van der Waals surface area contributed by atoms with Gasteiger partial charge in [-0.3, -0.25) is 4.79 Å². The molecule has 0 atom stereocenters. The maximum atomic E-state index is 13.2. The third kappa shape index (κ3) is 3.50. The van der Waals surface area contributed by atoms with Crippen molar-refractivity contribution >= 4 is 21.7 Å². The fourth-order valence-corrected chi connectivity index (χ4v) is 2.53. The van der Waals surface area contributed by atoms with Gasteiger partial charge < -0.3 is 0 Å². The molecule has 0 aliphatic rings. The lowest BCUT2D eigenvalue weighted by molar-refractivity contribution is -0.140. The van der Waals surface area contributed by atoms with E-state index >= 15 is 0 Å². The Bertz CT molecular complexity index is 687. The minimum Gasteiger partial charge on any atom is -0.289 e. The third-order valence-corrected chi connectivity index (χ3v) is 3.30. The van der Waals surface area contributed by atoms with Crippen LogP contribution >= 0.6 is 15.9 Å². The largest absolute Gasteiger partial charge is 0.419 e. The summed E-state index contributed by atoms with van der Waals surface area (Å²) in [7, 11) is 0. The third-order valence-electron chi connectivity index (χ3n) is 2.84. The van der Waals surface area contributed by atoms with Crippen LogP contribution in [0.3, 0.4) is 0 Å². The number of halogens is 5. The number of alkyl halides is 3. The van der Waals surface area contributed by atoms with Gasteiger partial charge in [-0.1, -0.05) is 15.9 Å². The van der Waals surface area contributed by atoms with E-state index < -0.39 is 23.3 Å². The normalized spacial score (nSPS) is 11.5.